The number of aliphatic hydroxyl groups excluding tert-OH is 1. The zero-order valence-corrected chi connectivity index (χ0v) is 15.3. The summed E-state index contributed by atoms with van der Waals surface area (Å²) >= 11 is 3.60. The van der Waals surface area contributed by atoms with E-state index in [0.717, 1.165) is 41.3 Å². The molecule has 1 aliphatic rings. The van der Waals surface area contributed by atoms with Crippen molar-refractivity contribution in [3.8, 4) is 0 Å². The van der Waals surface area contributed by atoms with Crippen LogP contribution in [0.15, 0.2) is 34.0 Å². The molecule has 2 aromatic rings. The molecule has 0 saturated heterocycles. The summed E-state index contributed by atoms with van der Waals surface area (Å²) < 4.78 is 1.16. The average Bonchev–Trinajstić information content (AvgIpc) is 3.01. The first kappa shape index (κ1) is 17.5. The van der Waals surface area contributed by atoms with Gasteiger partial charge in [0.1, 0.15) is 4.34 Å². The molecule has 1 aromatic carbocycles. The van der Waals surface area contributed by atoms with Crippen molar-refractivity contribution in [2.24, 2.45) is 0 Å². The lowest BCUT2D eigenvalue weighted by Gasteiger charge is -2.28. The molecular formula is C18H22N2O2S2. The SMILES string of the molecule is Cc1csc(SC2CCC(NC(=O)c3ccc(CO)cc3)CC2)n1. The first-order chi connectivity index (χ1) is 11.6. The van der Waals surface area contributed by atoms with Crippen LogP contribution in [0.4, 0.5) is 0 Å². The van der Waals surface area contributed by atoms with Crippen molar-refractivity contribution in [3.63, 3.8) is 0 Å². The topological polar surface area (TPSA) is 62.2 Å². The molecule has 128 valence electrons. The van der Waals surface area contributed by atoms with Crippen LogP contribution in [0.1, 0.15) is 47.3 Å². The van der Waals surface area contributed by atoms with Crippen molar-refractivity contribution in [2.75, 3.05) is 0 Å². The molecule has 1 aromatic heterocycles. The lowest BCUT2D eigenvalue weighted by atomic mass is 9.94. The smallest absolute Gasteiger partial charge is 0.251 e. The van der Waals surface area contributed by atoms with Crippen LogP contribution in [0, 0.1) is 6.92 Å². The van der Waals surface area contributed by atoms with Crippen molar-refractivity contribution in [1.29, 1.82) is 0 Å². The summed E-state index contributed by atoms with van der Waals surface area (Å²) in [7, 11) is 0. The van der Waals surface area contributed by atoms with Gasteiger partial charge in [-0.2, -0.15) is 0 Å². The van der Waals surface area contributed by atoms with Gasteiger partial charge in [0.15, 0.2) is 0 Å². The van der Waals surface area contributed by atoms with Gasteiger partial charge in [-0.25, -0.2) is 4.98 Å². The highest BCUT2D eigenvalue weighted by atomic mass is 32.2. The number of carbonyl (C=O) groups is 1. The van der Waals surface area contributed by atoms with E-state index in [1.165, 1.54) is 0 Å². The molecule has 0 aliphatic heterocycles. The van der Waals surface area contributed by atoms with E-state index in [1.807, 2.05) is 18.7 Å². The summed E-state index contributed by atoms with van der Waals surface area (Å²) in [6, 6.07) is 7.38. The second kappa shape index (κ2) is 8.14. The number of hydrogen-bond acceptors (Lipinski definition) is 5. The minimum absolute atomic E-state index is 0.00218. The Labute approximate surface area is 150 Å². The molecule has 1 fully saturated rings. The summed E-state index contributed by atoms with van der Waals surface area (Å²) in [5.41, 5.74) is 2.57. The van der Waals surface area contributed by atoms with E-state index in [1.54, 1.807) is 35.6 Å². The van der Waals surface area contributed by atoms with Gasteiger partial charge in [0.25, 0.3) is 5.91 Å². The molecule has 4 nitrogen and oxygen atoms in total. The number of thioether (sulfide) groups is 1. The number of nitrogens with zero attached hydrogens (tertiary/aromatic N) is 1. The Bertz CT molecular complexity index is 677. The summed E-state index contributed by atoms with van der Waals surface area (Å²) in [4.78, 5) is 16.8. The highest BCUT2D eigenvalue weighted by molar-refractivity contribution is 8.01. The van der Waals surface area contributed by atoms with Gasteiger partial charge in [-0.3, -0.25) is 4.79 Å². The molecule has 0 radical (unpaired) electrons. The highest BCUT2D eigenvalue weighted by Crippen LogP contribution is 2.35. The maximum Gasteiger partial charge on any atom is 0.251 e. The van der Waals surface area contributed by atoms with Gasteiger partial charge in [-0.05, 0) is 50.3 Å². The zero-order valence-electron chi connectivity index (χ0n) is 13.7. The van der Waals surface area contributed by atoms with Gasteiger partial charge in [-0.15, -0.1) is 11.3 Å². The molecule has 6 heteroatoms. The predicted octanol–water partition coefficient (Wildman–Crippen LogP) is 3.78. The van der Waals surface area contributed by atoms with Crippen LogP contribution < -0.4 is 5.32 Å². The van der Waals surface area contributed by atoms with Crippen LogP contribution in [-0.4, -0.2) is 27.3 Å². The summed E-state index contributed by atoms with van der Waals surface area (Å²) in [5, 5.41) is 14.9. The number of nitrogens with one attached hydrogen (secondary N) is 1. The van der Waals surface area contributed by atoms with E-state index in [4.69, 9.17) is 5.11 Å². The van der Waals surface area contributed by atoms with E-state index in [0.29, 0.717) is 10.8 Å². The quantitative estimate of drug-likeness (QED) is 0.850. The molecule has 3 rings (SSSR count). The van der Waals surface area contributed by atoms with Gasteiger partial charge in [0.05, 0.1) is 6.61 Å². The van der Waals surface area contributed by atoms with Crippen LogP contribution in [0.5, 0.6) is 0 Å². The third-order valence-electron chi connectivity index (χ3n) is 4.27. The summed E-state index contributed by atoms with van der Waals surface area (Å²) in [6.07, 6.45) is 4.25. The van der Waals surface area contributed by atoms with E-state index in [2.05, 4.69) is 15.7 Å². The number of amides is 1. The Hall–Kier alpha value is -1.37. The van der Waals surface area contributed by atoms with Crippen molar-refractivity contribution >= 4 is 29.0 Å². The summed E-state index contributed by atoms with van der Waals surface area (Å²) in [6.45, 7) is 2.03. The lowest BCUT2D eigenvalue weighted by Crippen LogP contribution is -2.38. The minimum atomic E-state index is -0.0221. The molecule has 1 heterocycles. The van der Waals surface area contributed by atoms with Gasteiger partial charge < -0.3 is 10.4 Å². The van der Waals surface area contributed by atoms with Gasteiger partial charge in [-0.1, -0.05) is 23.9 Å². The predicted molar refractivity (Wildman–Crippen MR) is 98.6 cm³/mol. The van der Waals surface area contributed by atoms with Gasteiger partial charge in [0.2, 0.25) is 0 Å². The molecule has 1 aliphatic carbocycles. The van der Waals surface area contributed by atoms with Crippen LogP contribution in [-0.2, 0) is 6.61 Å². The van der Waals surface area contributed by atoms with E-state index in [9.17, 15) is 4.79 Å². The maximum absolute atomic E-state index is 12.3. The fourth-order valence-electron chi connectivity index (χ4n) is 2.88. The Kier molecular flexibility index (Phi) is 5.92. The first-order valence-electron chi connectivity index (χ1n) is 8.23. The first-order valence-corrected chi connectivity index (χ1v) is 9.99. The Balaban J connectivity index is 1.46. The van der Waals surface area contributed by atoms with Crippen LogP contribution in [0.2, 0.25) is 0 Å². The molecule has 1 saturated carbocycles. The number of aromatic nitrogens is 1. The van der Waals surface area contributed by atoms with Crippen molar-refractivity contribution in [1.82, 2.24) is 10.3 Å². The third kappa shape index (κ3) is 4.59. The molecule has 2 N–H and O–H groups in total. The molecule has 0 unspecified atom stereocenters. The molecule has 0 bridgehead atoms. The molecule has 24 heavy (non-hydrogen) atoms. The fraction of sp³-hybridized carbons (Fsp3) is 0.444. The monoisotopic (exact) mass is 362 g/mol. The number of thiazole rings is 1. The normalized spacial score (nSPS) is 20.8. The molecular weight excluding hydrogens is 340 g/mol. The average molecular weight is 363 g/mol. The van der Waals surface area contributed by atoms with Crippen LogP contribution in [0.25, 0.3) is 0 Å². The van der Waals surface area contributed by atoms with Gasteiger partial charge >= 0.3 is 0 Å². The number of aliphatic hydroxyl groups is 1. The number of hydrogen-bond donors (Lipinski definition) is 2. The minimum Gasteiger partial charge on any atom is -0.392 e. The van der Waals surface area contributed by atoms with Gasteiger partial charge in [0, 0.05) is 27.9 Å². The molecule has 1 amide bonds. The van der Waals surface area contributed by atoms with Crippen LogP contribution >= 0.6 is 23.1 Å². The van der Waals surface area contributed by atoms with E-state index < -0.39 is 0 Å². The number of carbonyl (C=O) groups excluding carboxylic acids is 1. The lowest BCUT2D eigenvalue weighted by molar-refractivity contribution is 0.0928. The molecule has 0 spiro atoms. The largest absolute Gasteiger partial charge is 0.392 e. The van der Waals surface area contributed by atoms with Crippen molar-refractivity contribution in [2.45, 2.75) is 54.8 Å². The second-order valence-electron chi connectivity index (χ2n) is 6.17. The Morgan fingerprint density at radius 2 is 2.00 bits per heavy atom. The van der Waals surface area contributed by atoms with E-state index in [-0.39, 0.29) is 18.6 Å². The third-order valence-corrected chi connectivity index (χ3v) is 6.70. The number of benzene rings is 1. The number of aryl methyl sites for hydroxylation is 1. The van der Waals surface area contributed by atoms with Crippen molar-refractivity contribution < 1.29 is 9.90 Å². The standard InChI is InChI=1S/C18H22N2O2S2/c1-12-11-23-18(19-12)24-16-8-6-15(7-9-16)20-17(22)14-4-2-13(10-21)3-5-14/h2-5,11,15-16,21H,6-10H2,1H3,(H,20,22). The second-order valence-corrected chi connectivity index (χ2v) is 8.58. The van der Waals surface area contributed by atoms with Crippen molar-refractivity contribution in [3.05, 3.63) is 46.5 Å². The Morgan fingerprint density at radius 3 is 2.58 bits per heavy atom. The van der Waals surface area contributed by atoms with Crippen LogP contribution in [0.3, 0.4) is 0 Å². The Morgan fingerprint density at radius 1 is 1.29 bits per heavy atom. The summed E-state index contributed by atoms with van der Waals surface area (Å²) in [5.74, 6) is -0.0221. The number of rotatable bonds is 5. The fourth-order valence-corrected chi connectivity index (χ4v) is 5.17. The van der Waals surface area contributed by atoms with E-state index >= 15 is 0 Å². The molecule has 0 atom stereocenters. The highest BCUT2D eigenvalue weighted by Gasteiger charge is 2.24. The maximum atomic E-state index is 12.3. The zero-order chi connectivity index (χ0) is 16.9.